The van der Waals surface area contributed by atoms with Gasteiger partial charge in [0.15, 0.2) is 0 Å². The van der Waals surface area contributed by atoms with Gasteiger partial charge >= 0.3 is 6.18 Å². The van der Waals surface area contributed by atoms with Gasteiger partial charge in [0.1, 0.15) is 0 Å². The number of carbonyl (C=O) groups is 1. The van der Waals surface area contributed by atoms with E-state index in [2.05, 4.69) is 5.32 Å². The summed E-state index contributed by atoms with van der Waals surface area (Å²) in [6.07, 6.45) is -2.88. The lowest BCUT2D eigenvalue weighted by molar-refractivity contribution is -0.197. The SMILES string of the molecule is O=C(Nc1ccc(CO)cc1)C1CCCCC1C(F)(F)F. The molecule has 0 heterocycles. The third-order valence-electron chi connectivity index (χ3n) is 3.93. The molecule has 0 aliphatic heterocycles. The van der Waals surface area contributed by atoms with Crippen LogP contribution < -0.4 is 5.32 Å². The van der Waals surface area contributed by atoms with Crippen molar-refractivity contribution in [3.8, 4) is 0 Å². The van der Waals surface area contributed by atoms with Gasteiger partial charge < -0.3 is 10.4 Å². The van der Waals surface area contributed by atoms with E-state index < -0.39 is 23.9 Å². The summed E-state index contributed by atoms with van der Waals surface area (Å²) in [7, 11) is 0. The number of amides is 1. The van der Waals surface area contributed by atoms with Gasteiger partial charge in [0.25, 0.3) is 0 Å². The Morgan fingerprint density at radius 1 is 1.19 bits per heavy atom. The Morgan fingerprint density at radius 3 is 2.38 bits per heavy atom. The van der Waals surface area contributed by atoms with Gasteiger partial charge in [-0.2, -0.15) is 13.2 Å². The summed E-state index contributed by atoms with van der Waals surface area (Å²) < 4.78 is 38.9. The number of benzene rings is 1. The first-order valence-corrected chi connectivity index (χ1v) is 6.99. The maximum absolute atomic E-state index is 13.0. The summed E-state index contributed by atoms with van der Waals surface area (Å²) >= 11 is 0. The predicted octanol–water partition coefficient (Wildman–Crippen LogP) is 3.49. The Morgan fingerprint density at radius 2 is 1.81 bits per heavy atom. The maximum atomic E-state index is 13.0. The number of aliphatic hydroxyl groups is 1. The van der Waals surface area contributed by atoms with Crippen molar-refractivity contribution in [2.75, 3.05) is 5.32 Å². The average Bonchev–Trinajstić information content (AvgIpc) is 2.47. The van der Waals surface area contributed by atoms with Gasteiger partial charge in [-0.3, -0.25) is 4.79 Å². The zero-order chi connectivity index (χ0) is 15.5. The van der Waals surface area contributed by atoms with Crippen LogP contribution in [-0.2, 0) is 11.4 Å². The number of nitrogens with one attached hydrogen (secondary N) is 1. The third-order valence-corrected chi connectivity index (χ3v) is 3.93. The molecule has 0 spiro atoms. The molecule has 0 radical (unpaired) electrons. The summed E-state index contributed by atoms with van der Waals surface area (Å²) in [6.45, 7) is -0.118. The molecule has 6 heteroatoms. The van der Waals surface area contributed by atoms with Crippen LogP contribution in [0.2, 0.25) is 0 Å². The van der Waals surface area contributed by atoms with E-state index in [1.54, 1.807) is 24.3 Å². The van der Waals surface area contributed by atoms with Crippen LogP contribution in [0.4, 0.5) is 18.9 Å². The smallest absolute Gasteiger partial charge is 0.392 e. The molecule has 0 bridgehead atoms. The van der Waals surface area contributed by atoms with Crippen LogP contribution >= 0.6 is 0 Å². The highest BCUT2D eigenvalue weighted by atomic mass is 19.4. The van der Waals surface area contributed by atoms with Crippen LogP contribution in [0.1, 0.15) is 31.2 Å². The highest BCUT2D eigenvalue weighted by Crippen LogP contribution is 2.41. The van der Waals surface area contributed by atoms with Crippen molar-refractivity contribution in [3.63, 3.8) is 0 Å². The van der Waals surface area contributed by atoms with E-state index in [-0.39, 0.29) is 19.4 Å². The molecule has 3 nitrogen and oxygen atoms in total. The van der Waals surface area contributed by atoms with Crippen molar-refractivity contribution in [2.24, 2.45) is 11.8 Å². The molecule has 0 saturated heterocycles. The Balaban J connectivity index is 2.06. The molecule has 1 aromatic carbocycles. The second-order valence-corrected chi connectivity index (χ2v) is 5.38. The van der Waals surface area contributed by atoms with Crippen molar-refractivity contribution >= 4 is 11.6 Å². The number of anilines is 1. The van der Waals surface area contributed by atoms with Crippen molar-refractivity contribution in [1.82, 2.24) is 0 Å². The van der Waals surface area contributed by atoms with Gasteiger partial charge in [-0.1, -0.05) is 25.0 Å². The molecular formula is C15H18F3NO2. The van der Waals surface area contributed by atoms with Crippen LogP contribution in [0.15, 0.2) is 24.3 Å². The minimum Gasteiger partial charge on any atom is -0.392 e. The van der Waals surface area contributed by atoms with Crippen molar-refractivity contribution in [2.45, 2.75) is 38.5 Å². The highest BCUT2D eigenvalue weighted by molar-refractivity contribution is 5.92. The first-order chi connectivity index (χ1) is 9.91. The number of hydrogen-bond acceptors (Lipinski definition) is 2. The maximum Gasteiger partial charge on any atom is 0.392 e. The quantitative estimate of drug-likeness (QED) is 0.898. The zero-order valence-electron chi connectivity index (χ0n) is 11.5. The molecule has 1 amide bonds. The van der Waals surface area contributed by atoms with Gasteiger partial charge in [-0.15, -0.1) is 0 Å². The number of aliphatic hydroxyl groups excluding tert-OH is 1. The standard InChI is InChI=1S/C15H18F3NO2/c16-15(17,18)13-4-2-1-3-12(13)14(21)19-11-7-5-10(9-20)6-8-11/h5-8,12-13,20H,1-4,9H2,(H,19,21). The molecule has 2 atom stereocenters. The van der Waals surface area contributed by atoms with E-state index in [4.69, 9.17) is 5.11 Å². The first kappa shape index (κ1) is 15.8. The lowest BCUT2D eigenvalue weighted by Crippen LogP contribution is -2.39. The Kier molecular flexibility index (Phi) is 4.88. The average molecular weight is 301 g/mol. The van der Waals surface area contributed by atoms with Gasteiger partial charge in [-0.05, 0) is 30.5 Å². The Bertz CT molecular complexity index is 485. The van der Waals surface area contributed by atoms with Gasteiger partial charge in [0, 0.05) is 11.6 Å². The number of alkyl halides is 3. The predicted molar refractivity (Wildman–Crippen MR) is 72.5 cm³/mol. The summed E-state index contributed by atoms with van der Waals surface area (Å²) in [6, 6.07) is 6.40. The second kappa shape index (κ2) is 6.47. The molecule has 1 aliphatic carbocycles. The van der Waals surface area contributed by atoms with E-state index in [9.17, 15) is 18.0 Å². The van der Waals surface area contributed by atoms with Crippen LogP contribution in [0.25, 0.3) is 0 Å². The van der Waals surface area contributed by atoms with E-state index in [0.29, 0.717) is 24.1 Å². The lowest BCUT2D eigenvalue weighted by atomic mass is 9.78. The second-order valence-electron chi connectivity index (χ2n) is 5.38. The fourth-order valence-corrected chi connectivity index (χ4v) is 2.76. The van der Waals surface area contributed by atoms with E-state index in [1.165, 1.54) is 0 Å². The molecule has 2 rings (SSSR count). The molecule has 21 heavy (non-hydrogen) atoms. The van der Waals surface area contributed by atoms with Crippen LogP contribution in [0.5, 0.6) is 0 Å². The molecule has 0 aromatic heterocycles. The normalized spacial score (nSPS) is 22.9. The Hall–Kier alpha value is -1.56. The van der Waals surface area contributed by atoms with Crippen LogP contribution in [0.3, 0.4) is 0 Å². The molecule has 1 aliphatic rings. The summed E-state index contributed by atoms with van der Waals surface area (Å²) in [5.41, 5.74) is 1.13. The summed E-state index contributed by atoms with van der Waals surface area (Å²) in [4.78, 5) is 12.1. The monoisotopic (exact) mass is 301 g/mol. The van der Waals surface area contributed by atoms with E-state index >= 15 is 0 Å². The summed E-state index contributed by atoms with van der Waals surface area (Å²) in [5.74, 6) is -3.15. The molecule has 1 aromatic rings. The minimum atomic E-state index is -4.33. The number of halogens is 3. The number of rotatable bonds is 3. The fraction of sp³-hybridized carbons (Fsp3) is 0.533. The van der Waals surface area contributed by atoms with Crippen LogP contribution in [-0.4, -0.2) is 17.2 Å². The lowest BCUT2D eigenvalue weighted by Gasteiger charge is -2.32. The number of hydrogen-bond donors (Lipinski definition) is 2. The largest absolute Gasteiger partial charge is 0.392 e. The molecule has 2 N–H and O–H groups in total. The summed E-state index contributed by atoms with van der Waals surface area (Å²) in [5, 5.41) is 11.5. The number of carbonyl (C=O) groups excluding carboxylic acids is 1. The van der Waals surface area contributed by atoms with E-state index in [0.717, 1.165) is 0 Å². The topological polar surface area (TPSA) is 49.3 Å². The molecule has 1 fully saturated rings. The van der Waals surface area contributed by atoms with Crippen molar-refractivity contribution < 1.29 is 23.1 Å². The van der Waals surface area contributed by atoms with E-state index in [1.807, 2.05) is 0 Å². The van der Waals surface area contributed by atoms with Crippen molar-refractivity contribution in [1.29, 1.82) is 0 Å². The molecular weight excluding hydrogens is 283 g/mol. The van der Waals surface area contributed by atoms with Gasteiger partial charge in [-0.25, -0.2) is 0 Å². The van der Waals surface area contributed by atoms with Gasteiger partial charge in [0.2, 0.25) is 5.91 Å². The highest BCUT2D eigenvalue weighted by Gasteiger charge is 2.47. The fourth-order valence-electron chi connectivity index (χ4n) is 2.76. The Labute approximate surface area is 121 Å². The third kappa shape index (κ3) is 3.97. The first-order valence-electron chi connectivity index (χ1n) is 6.99. The van der Waals surface area contributed by atoms with Gasteiger partial charge in [0.05, 0.1) is 12.5 Å². The van der Waals surface area contributed by atoms with Crippen molar-refractivity contribution in [3.05, 3.63) is 29.8 Å². The molecule has 116 valence electrons. The zero-order valence-corrected chi connectivity index (χ0v) is 11.5. The molecule has 2 unspecified atom stereocenters. The molecule has 1 saturated carbocycles. The van der Waals surface area contributed by atoms with Crippen LogP contribution in [0, 0.1) is 11.8 Å². The minimum absolute atomic E-state index is 0.0189.